The number of carbonyl (C=O) groups is 1. The molecule has 0 radical (unpaired) electrons. The predicted octanol–water partition coefficient (Wildman–Crippen LogP) is 2.73. The second-order valence-corrected chi connectivity index (χ2v) is 5.45. The lowest BCUT2D eigenvalue weighted by Gasteiger charge is -2.31. The first-order valence-corrected chi connectivity index (χ1v) is 7.47. The van der Waals surface area contributed by atoms with E-state index in [4.69, 9.17) is 10.5 Å². The zero-order chi connectivity index (χ0) is 14.4. The van der Waals surface area contributed by atoms with Crippen LogP contribution in [0.15, 0.2) is 24.3 Å². The van der Waals surface area contributed by atoms with Gasteiger partial charge in [0, 0.05) is 6.04 Å². The van der Waals surface area contributed by atoms with Gasteiger partial charge in [-0.1, -0.05) is 38.3 Å². The Bertz CT molecular complexity index is 448. The molecule has 2 rings (SSSR count). The number of nitrogens with two attached hydrogens (primary N) is 1. The molecule has 20 heavy (non-hydrogen) atoms. The van der Waals surface area contributed by atoms with Crippen LogP contribution in [0.5, 0.6) is 5.75 Å². The van der Waals surface area contributed by atoms with Gasteiger partial charge in [0.2, 0.25) is 0 Å². The van der Waals surface area contributed by atoms with E-state index in [0.717, 1.165) is 12.8 Å². The Morgan fingerprint density at radius 2 is 2.10 bits per heavy atom. The summed E-state index contributed by atoms with van der Waals surface area (Å²) in [5, 5.41) is 3.10. The van der Waals surface area contributed by atoms with Crippen LogP contribution in [0.25, 0.3) is 0 Å². The number of amides is 1. The van der Waals surface area contributed by atoms with Crippen LogP contribution in [0.4, 0.5) is 5.69 Å². The smallest absolute Gasteiger partial charge is 0.258 e. The normalized spacial score (nSPS) is 22.2. The van der Waals surface area contributed by atoms with Crippen molar-refractivity contribution in [1.82, 2.24) is 5.32 Å². The zero-order valence-corrected chi connectivity index (χ0v) is 12.1. The van der Waals surface area contributed by atoms with Gasteiger partial charge >= 0.3 is 0 Å². The fourth-order valence-electron chi connectivity index (χ4n) is 2.89. The fraction of sp³-hybridized carbons (Fsp3) is 0.562. The molecule has 1 saturated carbocycles. The maximum Gasteiger partial charge on any atom is 0.258 e. The van der Waals surface area contributed by atoms with Crippen molar-refractivity contribution in [1.29, 1.82) is 0 Å². The first kappa shape index (κ1) is 14.7. The van der Waals surface area contributed by atoms with E-state index in [-0.39, 0.29) is 12.5 Å². The van der Waals surface area contributed by atoms with E-state index < -0.39 is 0 Å². The summed E-state index contributed by atoms with van der Waals surface area (Å²) in [5.41, 5.74) is 6.34. The summed E-state index contributed by atoms with van der Waals surface area (Å²) in [6.07, 6.45) is 5.90. The molecular weight excluding hydrogens is 252 g/mol. The molecule has 2 atom stereocenters. The van der Waals surface area contributed by atoms with Crippen LogP contribution in [-0.4, -0.2) is 18.6 Å². The second-order valence-electron chi connectivity index (χ2n) is 5.45. The minimum atomic E-state index is -0.0568. The van der Waals surface area contributed by atoms with Crippen molar-refractivity contribution in [3.05, 3.63) is 24.3 Å². The van der Waals surface area contributed by atoms with Crippen molar-refractivity contribution in [2.45, 2.75) is 45.1 Å². The number of hydrogen-bond acceptors (Lipinski definition) is 3. The van der Waals surface area contributed by atoms with Gasteiger partial charge in [0.1, 0.15) is 5.75 Å². The molecule has 1 aromatic rings. The molecule has 0 spiro atoms. The molecule has 3 N–H and O–H groups in total. The molecule has 110 valence electrons. The quantitative estimate of drug-likeness (QED) is 0.813. The van der Waals surface area contributed by atoms with Crippen molar-refractivity contribution < 1.29 is 9.53 Å². The third-order valence-corrected chi connectivity index (χ3v) is 4.06. The molecule has 2 unspecified atom stereocenters. The van der Waals surface area contributed by atoms with Gasteiger partial charge in [0.15, 0.2) is 6.61 Å². The highest BCUT2D eigenvalue weighted by Gasteiger charge is 2.24. The zero-order valence-electron chi connectivity index (χ0n) is 12.1. The van der Waals surface area contributed by atoms with Gasteiger partial charge in [-0.2, -0.15) is 0 Å². The number of carbonyl (C=O) groups excluding carboxylic acids is 1. The molecule has 0 aromatic heterocycles. The lowest BCUT2D eigenvalue weighted by atomic mass is 9.83. The number of benzene rings is 1. The lowest BCUT2D eigenvalue weighted by molar-refractivity contribution is -0.124. The van der Waals surface area contributed by atoms with E-state index in [0.29, 0.717) is 23.4 Å². The Labute approximate surface area is 120 Å². The largest absolute Gasteiger partial charge is 0.482 e. The van der Waals surface area contributed by atoms with E-state index in [1.54, 1.807) is 12.1 Å². The Morgan fingerprint density at radius 3 is 2.85 bits per heavy atom. The van der Waals surface area contributed by atoms with E-state index in [2.05, 4.69) is 12.2 Å². The van der Waals surface area contributed by atoms with Gasteiger partial charge in [-0.05, 0) is 30.9 Å². The third-order valence-electron chi connectivity index (χ3n) is 4.06. The summed E-state index contributed by atoms with van der Waals surface area (Å²) in [5.74, 6) is 1.12. The third kappa shape index (κ3) is 3.89. The Hall–Kier alpha value is -1.71. The number of anilines is 1. The van der Waals surface area contributed by atoms with Crippen LogP contribution >= 0.6 is 0 Å². The molecule has 0 heterocycles. The van der Waals surface area contributed by atoms with E-state index in [1.165, 1.54) is 19.3 Å². The van der Waals surface area contributed by atoms with Crippen molar-refractivity contribution in [3.8, 4) is 5.75 Å². The van der Waals surface area contributed by atoms with Crippen molar-refractivity contribution in [2.24, 2.45) is 5.92 Å². The van der Waals surface area contributed by atoms with Gasteiger partial charge in [-0.25, -0.2) is 0 Å². The summed E-state index contributed by atoms with van der Waals surface area (Å²) in [6.45, 7) is 2.22. The van der Waals surface area contributed by atoms with Gasteiger partial charge in [-0.15, -0.1) is 0 Å². The highest BCUT2D eigenvalue weighted by molar-refractivity contribution is 5.78. The number of ether oxygens (including phenoxy) is 1. The standard InChI is InChI=1S/C16H24N2O2/c1-2-12-7-3-5-9-14(12)18-16(19)11-20-15-10-6-4-8-13(15)17/h4,6,8,10,12,14H,2-3,5,7,9,11,17H2,1H3,(H,18,19). The molecule has 1 aromatic carbocycles. The molecular formula is C16H24N2O2. The van der Waals surface area contributed by atoms with E-state index in [9.17, 15) is 4.79 Å². The van der Waals surface area contributed by atoms with Crippen LogP contribution in [0.2, 0.25) is 0 Å². The van der Waals surface area contributed by atoms with Crippen LogP contribution in [-0.2, 0) is 4.79 Å². The molecule has 0 saturated heterocycles. The minimum absolute atomic E-state index is 0.0289. The van der Waals surface area contributed by atoms with Gasteiger partial charge < -0.3 is 15.8 Å². The summed E-state index contributed by atoms with van der Waals surface area (Å²) in [7, 11) is 0. The van der Waals surface area contributed by atoms with Gasteiger partial charge in [0.25, 0.3) is 5.91 Å². The van der Waals surface area contributed by atoms with Crippen molar-refractivity contribution >= 4 is 11.6 Å². The number of para-hydroxylation sites is 2. The van der Waals surface area contributed by atoms with Crippen LogP contribution in [0.1, 0.15) is 39.0 Å². The van der Waals surface area contributed by atoms with Gasteiger partial charge in [0.05, 0.1) is 5.69 Å². The summed E-state index contributed by atoms with van der Waals surface area (Å²) < 4.78 is 5.47. The average Bonchev–Trinajstić information content (AvgIpc) is 2.47. The first-order chi connectivity index (χ1) is 9.70. The predicted molar refractivity (Wildman–Crippen MR) is 80.5 cm³/mol. The molecule has 0 aliphatic heterocycles. The van der Waals surface area contributed by atoms with E-state index in [1.807, 2.05) is 12.1 Å². The van der Waals surface area contributed by atoms with E-state index >= 15 is 0 Å². The summed E-state index contributed by atoms with van der Waals surface area (Å²) in [4.78, 5) is 12.0. The Kier molecular flexibility index (Phi) is 5.27. The van der Waals surface area contributed by atoms with Gasteiger partial charge in [-0.3, -0.25) is 4.79 Å². The molecule has 1 aliphatic carbocycles. The van der Waals surface area contributed by atoms with Crippen LogP contribution in [0.3, 0.4) is 0 Å². The average molecular weight is 276 g/mol. The number of hydrogen-bond donors (Lipinski definition) is 2. The molecule has 1 aliphatic rings. The highest BCUT2D eigenvalue weighted by Crippen LogP contribution is 2.26. The highest BCUT2D eigenvalue weighted by atomic mass is 16.5. The Balaban J connectivity index is 1.82. The summed E-state index contributed by atoms with van der Waals surface area (Å²) >= 11 is 0. The minimum Gasteiger partial charge on any atom is -0.482 e. The molecule has 4 heteroatoms. The second kappa shape index (κ2) is 7.17. The Morgan fingerprint density at radius 1 is 1.35 bits per heavy atom. The summed E-state index contributed by atoms with van der Waals surface area (Å²) in [6, 6.07) is 7.53. The fourth-order valence-corrected chi connectivity index (χ4v) is 2.89. The lowest BCUT2D eigenvalue weighted by Crippen LogP contribution is -2.43. The van der Waals surface area contributed by atoms with Crippen LogP contribution < -0.4 is 15.8 Å². The number of nitrogen functional groups attached to an aromatic ring is 1. The molecule has 1 amide bonds. The molecule has 1 fully saturated rings. The maximum atomic E-state index is 12.0. The number of rotatable bonds is 5. The first-order valence-electron chi connectivity index (χ1n) is 7.47. The van der Waals surface area contributed by atoms with Crippen molar-refractivity contribution in [3.63, 3.8) is 0 Å². The SMILES string of the molecule is CCC1CCCCC1NC(=O)COc1ccccc1N. The monoisotopic (exact) mass is 276 g/mol. The topological polar surface area (TPSA) is 64.3 Å². The number of nitrogens with one attached hydrogen (secondary N) is 1. The maximum absolute atomic E-state index is 12.0. The van der Waals surface area contributed by atoms with Crippen molar-refractivity contribution in [2.75, 3.05) is 12.3 Å². The molecule has 0 bridgehead atoms. The molecule has 4 nitrogen and oxygen atoms in total. The van der Waals surface area contributed by atoms with Crippen LogP contribution in [0, 0.1) is 5.92 Å².